The number of aryl methyl sites for hydroxylation is 3. The van der Waals surface area contributed by atoms with E-state index < -0.39 is 23.4 Å². The molecule has 0 aliphatic heterocycles. The van der Waals surface area contributed by atoms with E-state index in [1.165, 1.54) is 31.2 Å². The van der Waals surface area contributed by atoms with Gasteiger partial charge in [-0.3, -0.25) is 4.98 Å². The van der Waals surface area contributed by atoms with Crippen LogP contribution in [0.2, 0.25) is 5.02 Å². The number of nitrogens with zero attached hydrogens (tertiary/aromatic N) is 1. The lowest BCUT2D eigenvalue weighted by atomic mass is 10.1. The van der Waals surface area contributed by atoms with Crippen LogP contribution in [0.4, 0.5) is 22.0 Å². The summed E-state index contributed by atoms with van der Waals surface area (Å²) in [7, 11) is 0. The third-order valence-electron chi connectivity index (χ3n) is 3.37. The monoisotopic (exact) mass is 415 g/mol. The molecule has 0 aliphatic carbocycles. The Balaban J connectivity index is 0.000000213. The highest BCUT2D eigenvalue weighted by molar-refractivity contribution is 6.30. The molecule has 7 heteroatoms. The number of aromatic nitrogens is 1. The lowest BCUT2D eigenvalue weighted by Crippen LogP contribution is -2.03. The Hall–Kier alpha value is -2.47. The Bertz CT molecular complexity index is 839. The van der Waals surface area contributed by atoms with Gasteiger partial charge in [0.2, 0.25) is 0 Å². The van der Waals surface area contributed by atoms with Gasteiger partial charge >= 0.3 is 6.18 Å². The molecule has 0 spiro atoms. The summed E-state index contributed by atoms with van der Waals surface area (Å²) >= 11 is 5.58. The molecule has 3 rings (SSSR count). The largest absolute Gasteiger partial charge is 0.416 e. The fourth-order valence-corrected chi connectivity index (χ4v) is 2.10. The van der Waals surface area contributed by atoms with Crippen LogP contribution in [0, 0.1) is 32.4 Å². The van der Waals surface area contributed by atoms with E-state index >= 15 is 0 Å². The number of hydrogen-bond donors (Lipinski definition) is 0. The molecule has 3 aromatic rings. The van der Waals surface area contributed by atoms with Crippen molar-refractivity contribution < 1.29 is 22.0 Å². The first-order valence-corrected chi connectivity index (χ1v) is 8.50. The highest BCUT2D eigenvalue weighted by Crippen LogP contribution is 2.28. The van der Waals surface area contributed by atoms with Gasteiger partial charge in [-0.15, -0.1) is 0 Å². The summed E-state index contributed by atoms with van der Waals surface area (Å²) in [6, 6.07) is 11.0. The maximum Gasteiger partial charge on any atom is 0.416 e. The minimum absolute atomic E-state index is 0.343. The first kappa shape index (κ1) is 23.6. The third-order valence-corrected chi connectivity index (χ3v) is 3.57. The van der Waals surface area contributed by atoms with E-state index in [4.69, 9.17) is 11.6 Å². The molecule has 0 bridgehead atoms. The molecule has 0 atom stereocenters. The van der Waals surface area contributed by atoms with Crippen molar-refractivity contribution in [2.45, 2.75) is 26.9 Å². The summed E-state index contributed by atoms with van der Waals surface area (Å²) in [5.41, 5.74) is 1.67. The Morgan fingerprint density at radius 1 is 0.821 bits per heavy atom. The van der Waals surface area contributed by atoms with Gasteiger partial charge in [0.05, 0.1) is 10.6 Å². The van der Waals surface area contributed by atoms with Crippen LogP contribution >= 0.6 is 11.6 Å². The van der Waals surface area contributed by atoms with Crippen molar-refractivity contribution in [1.29, 1.82) is 0 Å². The molecule has 0 saturated carbocycles. The van der Waals surface area contributed by atoms with Crippen molar-refractivity contribution in [1.82, 2.24) is 4.98 Å². The minimum atomic E-state index is -4.21. The summed E-state index contributed by atoms with van der Waals surface area (Å²) < 4.78 is 60.3. The van der Waals surface area contributed by atoms with Crippen molar-refractivity contribution >= 4 is 11.6 Å². The fourth-order valence-electron chi connectivity index (χ4n) is 1.87. The molecule has 2 aromatic carbocycles. The molecule has 150 valence electrons. The van der Waals surface area contributed by atoms with Crippen molar-refractivity contribution in [2.75, 3.05) is 0 Å². The zero-order valence-corrected chi connectivity index (χ0v) is 16.2. The molecule has 0 N–H and O–H groups in total. The van der Waals surface area contributed by atoms with Gasteiger partial charge in [0.25, 0.3) is 0 Å². The van der Waals surface area contributed by atoms with Gasteiger partial charge in [0.1, 0.15) is 0 Å². The number of hydrogen-bond acceptors (Lipinski definition) is 1. The second kappa shape index (κ2) is 10.8. The van der Waals surface area contributed by atoms with E-state index in [0.29, 0.717) is 10.6 Å². The van der Waals surface area contributed by atoms with Gasteiger partial charge < -0.3 is 0 Å². The first-order valence-electron chi connectivity index (χ1n) is 8.12. The normalized spacial score (nSPS) is 10.3. The zero-order chi connectivity index (χ0) is 21.3. The van der Waals surface area contributed by atoms with E-state index in [1.54, 1.807) is 19.3 Å². The SMILES string of the molecule is Cc1ccc(C(F)(F)F)cc1.Cc1cccc(F)c1F.Cc1cncc(Cl)c1. The Kier molecular flexibility index (Phi) is 9.06. The molecule has 0 fully saturated rings. The number of benzene rings is 2. The number of pyridine rings is 1. The predicted octanol–water partition coefficient (Wildman–Crippen LogP) is 7.33. The van der Waals surface area contributed by atoms with Crippen molar-refractivity contribution in [3.8, 4) is 0 Å². The molecule has 0 unspecified atom stereocenters. The summed E-state index contributed by atoms with van der Waals surface area (Å²) in [4.78, 5) is 3.85. The predicted molar refractivity (Wildman–Crippen MR) is 101 cm³/mol. The van der Waals surface area contributed by atoms with Gasteiger partial charge in [0, 0.05) is 12.4 Å². The second-order valence-corrected chi connectivity index (χ2v) is 6.35. The van der Waals surface area contributed by atoms with Gasteiger partial charge in [0.15, 0.2) is 11.6 Å². The highest BCUT2D eigenvalue weighted by Gasteiger charge is 2.29. The zero-order valence-electron chi connectivity index (χ0n) is 15.5. The smallest absolute Gasteiger partial charge is 0.263 e. The van der Waals surface area contributed by atoms with E-state index in [1.807, 2.05) is 13.0 Å². The molecule has 1 heterocycles. The molecule has 0 radical (unpaired) electrons. The summed E-state index contributed by atoms with van der Waals surface area (Å²) in [5, 5.41) is 0.699. The van der Waals surface area contributed by atoms with Crippen molar-refractivity contribution in [3.63, 3.8) is 0 Å². The fraction of sp³-hybridized carbons (Fsp3) is 0.190. The van der Waals surface area contributed by atoms with Gasteiger partial charge in [-0.1, -0.05) is 41.4 Å². The Morgan fingerprint density at radius 2 is 1.43 bits per heavy atom. The topological polar surface area (TPSA) is 12.9 Å². The molecule has 1 nitrogen and oxygen atoms in total. The molecule has 0 saturated heterocycles. The second-order valence-electron chi connectivity index (χ2n) is 5.92. The number of halogens is 6. The van der Waals surface area contributed by atoms with Gasteiger partial charge in [-0.05, 0) is 56.2 Å². The maximum atomic E-state index is 12.4. The Labute approximate surface area is 165 Å². The average Bonchev–Trinajstić information content (AvgIpc) is 2.60. The van der Waals surface area contributed by atoms with Crippen LogP contribution in [0.5, 0.6) is 0 Å². The van der Waals surface area contributed by atoms with Crippen LogP contribution in [0.3, 0.4) is 0 Å². The van der Waals surface area contributed by atoms with Crippen LogP contribution in [-0.2, 0) is 6.18 Å². The lowest BCUT2D eigenvalue weighted by Gasteiger charge is -2.05. The maximum absolute atomic E-state index is 12.4. The van der Waals surface area contributed by atoms with E-state index in [2.05, 4.69) is 4.98 Å². The molecule has 0 amide bonds. The molecule has 1 aromatic heterocycles. The van der Waals surface area contributed by atoms with Crippen LogP contribution in [0.25, 0.3) is 0 Å². The minimum Gasteiger partial charge on any atom is -0.263 e. The summed E-state index contributed by atoms with van der Waals surface area (Å²) in [5.74, 6) is -1.53. The number of rotatable bonds is 0. The van der Waals surface area contributed by atoms with Crippen LogP contribution in [0.1, 0.15) is 22.3 Å². The highest BCUT2D eigenvalue weighted by atomic mass is 35.5. The first-order chi connectivity index (χ1) is 13.0. The van der Waals surface area contributed by atoms with Crippen LogP contribution < -0.4 is 0 Å². The van der Waals surface area contributed by atoms with Crippen molar-refractivity contribution in [3.05, 3.63) is 99.8 Å². The molecule has 0 aliphatic rings. The summed E-state index contributed by atoms with van der Waals surface area (Å²) in [6.07, 6.45) is -0.825. The van der Waals surface area contributed by atoms with Crippen LogP contribution in [-0.4, -0.2) is 4.98 Å². The van der Waals surface area contributed by atoms with E-state index in [0.717, 1.165) is 29.3 Å². The van der Waals surface area contributed by atoms with E-state index in [-0.39, 0.29) is 0 Å². The standard InChI is InChI=1S/C8H7F3.C7H6F2.C6H6ClN/c1-6-2-4-7(5-3-6)8(9,10)11;1-5-3-2-4-6(8)7(5)9;1-5-2-6(7)4-8-3-5/h2-5H,1H3;2-4H,1H3;2-4H,1H3. The molecule has 28 heavy (non-hydrogen) atoms. The van der Waals surface area contributed by atoms with Crippen LogP contribution in [0.15, 0.2) is 60.9 Å². The van der Waals surface area contributed by atoms with Crippen molar-refractivity contribution in [2.24, 2.45) is 0 Å². The molecular weight excluding hydrogens is 397 g/mol. The molecular formula is C21H19ClF5N. The number of alkyl halides is 3. The average molecular weight is 416 g/mol. The van der Waals surface area contributed by atoms with Gasteiger partial charge in [-0.25, -0.2) is 8.78 Å². The summed E-state index contributed by atoms with van der Waals surface area (Å²) in [6.45, 7) is 5.23. The Morgan fingerprint density at radius 3 is 1.82 bits per heavy atom. The third kappa shape index (κ3) is 8.48. The van der Waals surface area contributed by atoms with E-state index in [9.17, 15) is 22.0 Å². The van der Waals surface area contributed by atoms with Gasteiger partial charge in [-0.2, -0.15) is 13.2 Å². The lowest BCUT2D eigenvalue weighted by molar-refractivity contribution is -0.137. The quantitative estimate of drug-likeness (QED) is 0.350.